The smallest absolute Gasteiger partial charge is 0.319 e. The van der Waals surface area contributed by atoms with Gasteiger partial charge in [-0.25, -0.2) is 0 Å². The van der Waals surface area contributed by atoms with E-state index in [-0.39, 0.29) is 18.5 Å². The van der Waals surface area contributed by atoms with E-state index >= 15 is 0 Å². The van der Waals surface area contributed by atoms with Crippen molar-refractivity contribution in [2.45, 2.75) is 58.5 Å². The van der Waals surface area contributed by atoms with Gasteiger partial charge in [0.1, 0.15) is 12.0 Å². The molecule has 1 rings (SSSR count). The van der Waals surface area contributed by atoms with Crippen LogP contribution in [0.25, 0.3) is 0 Å². The summed E-state index contributed by atoms with van der Waals surface area (Å²) in [6.45, 7) is 3.71. The number of esters is 1. The molecule has 18 heavy (non-hydrogen) atoms. The minimum Gasteiger partial charge on any atom is -0.468 e. The SMILES string of the molecule is CCC(CC)(C(=O)COC1CCCC1)C(=O)OC. The number of Topliss-reactive ketones (excluding diaryl/α,β-unsaturated/α-hetero) is 1. The normalized spacial score (nSPS) is 16.8. The van der Waals surface area contributed by atoms with Crippen LogP contribution in [0, 0.1) is 5.41 Å². The van der Waals surface area contributed by atoms with E-state index < -0.39 is 11.4 Å². The Balaban J connectivity index is 2.61. The van der Waals surface area contributed by atoms with E-state index in [4.69, 9.17) is 9.47 Å². The van der Waals surface area contributed by atoms with Gasteiger partial charge in [-0.05, 0) is 25.7 Å². The van der Waals surface area contributed by atoms with Gasteiger partial charge < -0.3 is 9.47 Å². The maximum Gasteiger partial charge on any atom is 0.319 e. The monoisotopic (exact) mass is 256 g/mol. The molecule has 0 atom stereocenters. The highest BCUT2D eigenvalue weighted by atomic mass is 16.5. The van der Waals surface area contributed by atoms with Crippen LogP contribution in [-0.4, -0.2) is 31.6 Å². The molecule has 0 saturated heterocycles. The van der Waals surface area contributed by atoms with E-state index in [1.807, 2.05) is 13.8 Å². The van der Waals surface area contributed by atoms with Gasteiger partial charge >= 0.3 is 5.97 Å². The van der Waals surface area contributed by atoms with E-state index in [2.05, 4.69) is 0 Å². The number of rotatable bonds is 7. The molecule has 0 bridgehead atoms. The summed E-state index contributed by atoms with van der Waals surface area (Å²) in [5.74, 6) is -0.584. The van der Waals surface area contributed by atoms with Crippen LogP contribution in [0.2, 0.25) is 0 Å². The van der Waals surface area contributed by atoms with Crippen molar-refractivity contribution < 1.29 is 19.1 Å². The van der Waals surface area contributed by atoms with Crippen molar-refractivity contribution in [1.82, 2.24) is 0 Å². The lowest BCUT2D eigenvalue weighted by Gasteiger charge is -2.27. The Bertz CT molecular complexity index is 288. The Morgan fingerprint density at radius 2 is 1.72 bits per heavy atom. The van der Waals surface area contributed by atoms with Gasteiger partial charge in [0, 0.05) is 0 Å². The number of hydrogen-bond acceptors (Lipinski definition) is 4. The standard InChI is InChI=1S/C14H24O4/c1-4-14(5-2,13(16)17-3)12(15)10-18-11-8-6-7-9-11/h11H,4-10H2,1-3H3. The number of carbonyl (C=O) groups is 2. The lowest BCUT2D eigenvalue weighted by atomic mass is 9.78. The molecule has 0 aromatic carbocycles. The van der Waals surface area contributed by atoms with Crippen molar-refractivity contribution in [3.05, 3.63) is 0 Å². The van der Waals surface area contributed by atoms with Crippen LogP contribution in [0.15, 0.2) is 0 Å². The first-order valence-corrected chi connectivity index (χ1v) is 6.84. The molecule has 104 valence electrons. The molecule has 0 heterocycles. The average molecular weight is 256 g/mol. The second-order valence-corrected chi connectivity index (χ2v) is 4.92. The van der Waals surface area contributed by atoms with E-state index in [0.29, 0.717) is 12.8 Å². The topological polar surface area (TPSA) is 52.6 Å². The molecule has 0 spiro atoms. The number of carbonyl (C=O) groups excluding carboxylic acids is 2. The lowest BCUT2D eigenvalue weighted by Crippen LogP contribution is -2.42. The second-order valence-electron chi connectivity index (χ2n) is 4.92. The van der Waals surface area contributed by atoms with E-state index in [1.165, 1.54) is 20.0 Å². The van der Waals surface area contributed by atoms with Crippen molar-refractivity contribution >= 4 is 11.8 Å². The molecular formula is C14H24O4. The lowest BCUT2D eigenvalue weighted by molar-refractivity contribution is -0.161. The number of ether oxygens (including phenoxy) is 2. The highest BCUT2D eigenvalue weighted by Gasteiger charge is 2.43. The Morgan fingerprint density at radius 3 is 2.17 bits per heavy atom. The molecule has 4 heteroatoms. The maximum absolute atomic E-state index is 12.3. The van der Waals surface area contributed by atoms with Gasteiger partial charge in [-0.15, -0.1) is 0 Å². The highest BCUT2D eigenvalue weighted by Crippen LogP contribution is 2.30. The molecule has 1 fully saturated rings. The third-order valence-corrected chi connectivity index (χ3v) is 4.07. The quantitative estimate of drug-likeness (QED) is 0.519. The minimum absolute atomic E-state index is 0.0292. The van der Waals surface area contributed by atoms with Crippen LogP contribution in [-0.2, 0) is 19.1 Å². The molecule has 0 radical (unpaired) electrons. The summed E-state index contributed by atoms with van der Waals surface area (Å²) in [5, 5.41) is 0. The zero-order chi connectivity index (χ0) is 13.6. The summed E-state index contributed by atoms with van der Waals surface area (Å²) in [4.78, 5) is 24.1. The summed E-state index contributed by atoms with van der Waals surface area (Å²) in [6, 6.07) is 0. The molecular weight excluding hydrogens is 232 g/mol. The number of hydrogen-bond donors (Lipinski definition) is 0. The van der Waals surface area contributed by atoms with Gasteiger partial charge in [0.25, 0.3) is 0 Å². The summed E-state index contributed by atoms with van der Waals surface area (Å²) >= 11 is 0. The minimum atomic E-state index is -1.02. The molecule has 0 aromatic rings. The van der Waals surface area contributed by atoms with Crippen LogP contribution < -0.4 is 0 Å². The van der Waals surface area contributed by atoms with Gasteiger partial charge in [0.2, 0.25) is 0 Å². The second kappa shape index (κ2) is 6.88. The molecule has 1 aliphatic carbocycles. The summed E-state index contributed by atoms with van der Waals surface area (Å²) in [7, 11) is 1.33. The first-order chi connectivity index (χ1) is 8.60. The van der Waals surface area contributed by atoms with Gasteiger partial charge in [-0.3, -0.25) is 9.59 Å². The summed E-state index contributed by atoms with van der Waals surface area (Å²) < 4.78 is 10.4. The molecule has 0 aromatic heterocycles. The first-order valence-electron chi connectivity index (χ1n) is 6.84. The predicted octanol–water partition coefficient (Wildman–Crippen LogP) is 2.49. The highest BCUT2D eigenvalue weighted by molar-refractivity contribution is 6.04. The van der Waals surface area contributed by atoms with Crippen LogP contribution in [0.5, 0.6) is 0 Å². The van der Waals surface area contributed by atoms with Crippen molar-refractivity contribution in [2.75, 3.05) is 13.7 Å². The first kappa shape index (κ1) is 15.2. The predicted molar refractivity (Wildman–Crippen MR) is 68.2 cm³/mol. The van der Waals surface area contributed by atoms with Gasteiger partial charge in [0.05, 0.1) is 13.2 Å². The van der Waals surface area contributed by atoms with Crippen molar-refractivity contribution in [3.63, 3.8) is 0 Å². The van der Waals surface area contributed by atoms with E-state index in [1.54, 1.807) is 0 Å². The van der Waals surface area contributed by atoms with Crippen molar-refractivity contribution in [3.8, 4) is 0 Å². The number of ketones is 1. The number of methoxy groups -OCH3 is 1. The zero-order valence-corrected chi connectivity index (χ0v) is 11.7. The molecule has 1 aliphatic rings. The van der Waals surface area contributed by atoms with Crippen LogP contribution >= 0.6 is 0 Å². The Hall–Kier alpha value is -0.900. The third-order valence-electron chi connectivity index (χ3n) is 4.07. The Labute approximate surface area is 109 Å². The molecule has 0 aliphatic heterocycles. The maximum atomic E-state index is 12.3. The summed E-state index contributed by atoms with van der Waals surface area (Å²) in [6.07, 6.45) is 5.50. The van der Waals surface area contributed by atoms with Gasteiger partial charge in [-0.1, -0.05) is 26.7 Å². The van der Waals surface area contributed by atoms with Gasteiger partial charge in [-0.2, -0.15) is 0 Å². The van der Waals surface area contributed by atoms with Crippen LogP contribution in [0.4, 0.5) is 0 Å². The molecule has 1 saturated carbocycles. The summed E-state index contributed by atoms with van der Waals surface area (Å²) in [5.41, 5.74) is -1.02. The van der Waals surface area contributed by atoms with Crippen LogP contribution in [0.3, 0.4) is 0 Å². The Morgan fingerprint density at radius 1 is 1.17 bits per heavy atom. The molecule has 0 unspecified atom stereocenters. The third kappa shape index (κ3) is 3.10. The zero-order valence-electron chi connectivity index (χ0n) is 11.7. The van der Waals surface area contributed by atoms with Crippen molar-refractivity contribution in [1.29, 1.82) is 0 Å². The fourth-order valence-electron chi connectivity index (χ4n) is 2.63. The molecule has 4 nitrogen and oxygen atoms in total. The molecule has 0 N–H and O–H groups in total. The molecule has 0 amide bonds. The fraction of sp³-hybridized carbons (Fsp3) is 0.857. The van der Waals surface area contributed by atoms with Crippen molar-refractivity contribution in [2.24, 2.45) is 5.41 Å². The Kier molecular flexibility index (Phi) is 5.79. The average Bonchev–Trinajstić information content (AvgIpc) is 2.91. The van der Waals surface area contributed by atoms with E-state index in [9.17, 15) is 9.59 Å². The van der Waals surface area contributed by atoms with Gasteiger partial charge in [0.15, 0.2) is 5.78 Å². The van der Waals surface area contributed by atoms with E-state index in [0.717, 1.165) is 12.8 Å². The van der Waals surface area contributed by atoms with Crippen LogP contribution in [0.1, 0.15) is 52.4 Å². The largest absolute Gasteiger partial charge is 0.468 e. The fourth-order valence-corrected chi connectivity index (χ4v) is 2.63.